The number of hydrogen-bond acceptors (Lipinski definition) is 2. The molecule has 4 aliphatic carbocycles. The lowest BCUT2D eigenvalue weighted by molar-refractivity contribution is -0.141. The third-order valence-electron chi connectivity index (χ3n) is 10.0. The van der Waals surface area contributed by atoms with Crippen LogP contribution >= 0.6 is 0 Å². The van der Waals surface area contributed by atoms with Gasteiger partial charge in [-0.05, 0) is 98.4 Å². The third-order valence-corrected chi connectivity index (χ3v) is 10.0. The molecule has 0 bridgehead atoms. The molecule has 0 aromatic carbocycles. The number of carboxylic acid groups (broad SMARTS) is 1. The lowest BCUT2D eigenvalue weighted by atomic mass is 9.46. The van der Waals surface area contributed by atoms with E-state index in [1.165, 1.54) is 50.5 Å². The predicted octanol–water partition coefficient (Wildman–Crippen LogP) is 6.42. The highest BCUT2D eigenvalue weighted by molar-refractivity contribution is 5.91. The third kappa shape index (κ3) is 3.61. The highest BCUT2D eigenvalue weighted by Crippen LogP contribution is 2.67. The van der Waals surface area contributed by atoms with E-state index in [0.717, 1.165) is 55.8 Å². The zero-order valence-electron chi connectivity index (χ0n) is 18.7. The molecule has 3 heteroatoms. The minimum Gasteiger partial charge on any atom is -0.481 e. The van der Waals surface area contributed by atoms with Gasteiger partial charge in [-0.1, -0.05) is 39.2 Å². The normalized spacial score (nSPS) is 42.4. The van der Waals surface area contributed by atoms with E-state index < -0.39 is 5.97 Å². The Bertz CT molecular complexity index is 694. The zero-order valence-corrected chi connectivity index (χ0v) is 18.7. The van der Waals surface area contributed by atoms with Crippen LogP contribution < -0.4 is 0 Å². The van der Waals surface area contributed by atoms with Crippen molar-refractivity contribution in [1.82, 2.24) is 0 Å². The summed E-state index contributed by atoms with van der Waals surface area (Å²) in [5.41, 5.74) is 2.24. The summed E-state index contributed by atoms with van der Waals surface area (Å²) in [6.07, 6.45) is 16.1. The molecule has 1 N–H and O–H groups in total. The lowest BCUT2D eigenvalue weighted by Gasteiger charge is -2.58. The van der Waals surface area contributed by atoms with Crippen LogP contribution in [0.25, 0.3) is 0 Å². The quantitative estimate of drug-likeness (QED) is 0.524. The molecule has 7 atom stereocenters. The number of aliphatic carboxylic acids is 1. The van der Waals surface area contributed by atoms with Crippen LogP contribution in [0, 0.1) is 40.4 Å². The van der Waals surface area contributed by atoms with Gasteiger partial charge in [0, 0.05) is 6.42 Å². The highest BCUT2D eigenvalue weighted by atomic mass is 16.4. The summed E-state index contributed by atoms with van der Waals surface area (Å²) in [5.74, 6) is 2.82. The number of allylic oxidation sites excluding steroid dienone is 1. The number of unbranched alkanes of at least 4 members (excludes halogenated alkanes) is 1. The second-order valence-corrected chi connectivity index (χ2v) is 11.3. The average Bonchev–Trinajstić information content (AvgIpc) is 3.02. The van der Waals surface area contributed by atoms with Gasteiger partial charge >= 0.3 is 5.97 Å². The molecule has 162 valence electrons. The number of carbonyl (C=O) groups is 2. The van der Waals surface area contributed by atoms with Crippen molar-refractivity contribution < 1.29 is 14.7 Å². The van der Waals surface area contributed by atoms with Gasteiger partial charge in [0.1, 0.15) is 0 Å². The van der Waals surface area contributed by atoms with Crippen molar-refractivity contribution in [3.63, 3.8) is 0 Å². The summed E-state index contributed by atoms with van der Waals surface area (Å²) in [7, 11) is 0. The Morgan fingerprint density at radius 2 is 1.90 bits per heavy atom. The Labute approximate surface area is 176 Å². The van der Waals surface area contributed by atoms with E-state index in [-0.39, 0.29) is 11.3 Å². The van der Waals surface area contributed by atoms with Crippen LogP contribution in [0.15, 0.2) is 11.6 Å². The van der Waals surface area contributed by atoms with E-state index in [9.17, 15) is 9.59 Å². The van der Waals surface area contributed by atoms with E-state index in [2.05, 4.69) is 13.8 Å². The average molecular weight is 401 g/mol. The molecule has 0 radical (unpaired) electrons. The maximum absolute atomic E-state index is 12.0. The van der Waals surface area contributed by atoms with Gasteiger partial charge in [0.05, 0.1) is 5.92 Å². The maximum atomic E-state index is 12.0. The first-order chi connectivity index (χ1) is 13.8. The molecule has 3 saturated carbocycles. The maximum Gasteiger partial charge on any atom is 0.306 e. The summed E-state index contributed by atoms with van der Waals surface area (Å²) in [5, 5.41) is 9.09. The van der Waals surface area contributed by atoms with Crippen molar-refractivity contribution in [3.05, 3.63) is 11.6 Å². The van der Waals surface area contributed by atoms with Crippen molar-refractivity contribution in [2.24, 2.45) is 40.4 Å². The zero-order chi connectivity index (χ0) is 20.8. The fraction of sp³-hybridized carbons (Fsp3) is 0.846. The van der Waals surface area contributed by atoms with Gasteiger partial charge in [-0.2, -0.15) is 0 Å². The van der Waals surface area contributed by atoms with E-state index >= 15 is 0 Å². The molecular formula is C26H40O3. The van der Waals surface area contributed by atoms with Crippen LogP contribution in [0.2, 0.25) is 0 Å². The van der Waals surface area contributed by atoms with Gasteiger partial charge in [-0.15, -0.1) is 0 Å². The Hall–Kier alpha value is -1.12. The SMILES string of the molecule is CC(CCCCC1CCC2C3CCC4=CC(=O)CCC4(C)C3CCC12C)C(=O)O. The fourth-order valence-electron chi connectivity index (χ4n) is 8.11. The van der Waals surface area contributed by atoms with Crippen molar-refractivity contribution >= 4 is 11.8 Å². The molecule has 0 amide bonds. The first-order valence-corrected chi connectivity index (χ1v) is 12.2. The largest absolute Gasteiger partial charge is 0.481 e. The topological polar surface area (TPSA) is 54.4 Å². The monoisotopic (exact) mass is 400 g/mol. The molecule has 0 saturated heterocycles. The molecule has 0 spiro atoms. The van der Waals surface area contributed by atoms with Crippen LogP contribution in [0.3, 0.4) is 0 Å². The molecule has 3 nitrogen and oxygen atoms in total. The van der Waals surface area contributed by atoms with E-state index in [1.54, 1.807) is 0 Å². The summed E-state index contributed by atoms with van der Waals surface area (Å²) >= 11 is 0. The first kappa shape index (κ1) is 21.1. The van der Waals surface area contributed by atoms with Crippen LogP contribution in [0.4, 0.5) is 0 Å². The highest BCUT2D eigenvalue weighted by Gasteiger charge is 2.58. The van der Waals surface area contributed by atoms with Gasteiger partial charge in [0.2, 0.25) is 0 Å². The summed E-state index contributed by atoms with van der Waals surface area (Å²) in [6.45, 7) is 6.89. The number of carboxylic acids is 1. The second kappa shape index (κ2) is 7.85. The van der Waals surface area contributed by atoms with Gasteiger partial charge in [-0.25, -0.2) is 0 Å². The smallest absolute Gasteiger partial charge is 0.306 e. The molecule has 4 aliphatic rings. The van der Waals surface area contributed by atoms with Gasteiger partial charge < -0.3 is 5.11 Å². The van der Waals surface area contributed by atoms with Crippen LogP contribution in [0.5, 0.6) is 0 Å². The van der Waals surface area contributed by atoms with Crippen molar-refractivity contribution in [3.8, 4) is 0 Å². The summed E-state index contributed by atoms with van der Waals surface area (Å²) in [6, 6.07) is 0. The molecular weight excluding hydrogens is 360 g/mol. The van der Waals surface area contributed by atoms with Gasteiger partial charge in [0.25, 0.3) is 0 Å². The Balaban J connectivity index is 1.40. The van der Waals surface area contributed by atoms with Gasteiger partial charge in [0.15, 0.2) is 5.78 Å². The fourth-order valence-corrected chi connectivity index (χ4v) is 8.11. The standard InChI is InChI=1S/C26H40O3/c1-17(24(28)29)6-4-5-7-18-9-11-22-21-10-8-19-16-20(27)12-14-26(19,3)23(21)13-15-25(18,22)2/h16-18,21-23H,4-15H2,1-3H3,(H,28,29). The van der Waals surface area contributed by atoms with Gasteiger partial charge in [-0.3, -0.25) is 9.59 Å². The van der Waals surface area contributed by atoms with Crippen LogP contribution in [0.1, 0.15) is 97.8 Å². The molecule has 3 fully saturated rings. The lowest BCUT2D eigenvalue weighted by Crippen LogP contribution is -2.50. The molecule has 29 heavy (non-hydrogen) atoms. The molecule has 4 rings (SSSR count). The number of fused-ring (bicyclic) bond motifs is 5. The first-order valence-electron chi connectivity index (χ1n) is 12.2. The molecule has 0 heterocycles. The Morgan fingerprint density at radius 1 is 1.10 bits per heavy atom. The summed E-state index contributed by atoms with van der Waals surface area (Å²) in [4.78, 5) is 23.0. The molecule has 0 aromatic rings. The number of carbonyl (C=O) groups excluding carboxylic acids is 1. The summed E-state index contributed by atoms with van der Waals surface area (Å²) < 4.78 is 0. The van der Waals surface area contributed by atoms with E-state index in [1.807, 2.05) is 13.0 Å². The Morgan fingerprint density at radius 3 is 2.66 bits per heavy atom. The minimum atomic E-state index is -0.653. The molecule has 0 aromatic heterocycles. The molecule has 0 aliphatic heterocycles. The van der Waals surface area contributed by atoms with Crippen molar-refractivity contribution in [2.75, 3.05) is 0 Å². The number of ketones is 1. The van der Waals surface area contributed by atoms with Crippen molar-refractivity contribution in [1.29, 1.82) is 0 Å². The Kier molecular flexibility index (Phi) is 5.72. The predicted molar refractivity (Wildman–Crippen MR) is 115 cm³/mol. The minimum absolute atomic E-state index is 0.204. The number of hydrogen-bond donors (Lipinski definition) is 1. The number of rotatable bonds is 6. The molecule has 7 unspecified atom stereocenters. The van der Waals surface area contributed by atoms with Crippen LogP contribution in [-0.4, -0.2) is 16.9 Å². The second-order valence-electron chi connectivity index (χ2n) is 11.3. The van der Waals surface area contributed by atoms with Crippen molar-refractivity contribution in [2.45, 2.75) is 97.8 Å². The van der Waals surface area contributed by atoms with E-state index in [0.29, 0.717) is 11.2 Å². The van der Waals surface area contributed by atoms with E-state index in [4.69, 9.17) is 5.11 Å². The van der Waals surface area contributed by atoms with Crippen LogP contribution in [-0.2, 0) is 9.59 Å².